The molecule has 0 radical (unpaired) electrons. The minimum atomic E-state index is -4.44. The molecule has 0 bridgehead atoms. The third-order valence-electron chi connectivity index (χ3n) is 3.10. The Labute approximate surface area is 141 Å². The van der Waals surface area contributed by atoms with Gasteiger partial charge in [0.2, 0.25) is 0 Å². The molecule has 7 heteroatoms. The van der Waals surface area contributed by atoms with Crippen LogP contribution in [0.15, 0.2) is 47.6 Å². The SMILES string of the molecule is CCC(=NNc1cc(C(F)(F)F)ccc1Cl)c1cccc(Cl)c1. The zero-order chi connectivity index (χ0) is 17.0. The van der Waals surface area contributed by atoms with Gasteiger partial charge in [-0.15, -0.1) is 0 Å². The molecule has 0 atom stereocenters. The van der Waals surface area contributed by atoms with Gasteiger partial charge in [0.05, 0.1) is 22.0 Å². The fourth-order valence-electron chi connectivity index (χ4n) is 1.93. The Morgan fingerprint density at radius 1 is 1.13 bits per heavy atom. The number of hydrazone groups is 1. The maximum atomic E-state index is 12.8. The van der Waals surface area contributed by atoms with Gasteiger partial charge in [-0.2, -0.15) is 18.3 Å². The lowest BCUT2D eigenvalue weighted by Crippen LogP contribution is -2.07. The van der Waals surface area contributed by atoms with E-state index in [1.165, 1.54) is 6.07 Å². The number of benzene rings is 2. The van der Waals surface area contributed by atoms with E-state index in [0.717, 1.165) is 17.7 Å². The molecule has 0 heterocycles. The van der Waals surface area contributed by atoms with Crippen LogP contribution in [0.3, 0.4) is 0 Å². The molecule has 0 unspecified atom stereocenters. The first-order valence-corrected chi connectivity index (χ1v) is 7.52. The van der Waals surface area contributed by atoms with Crippen LogP contribution in [-0.4, -0.2) is 5.71 Å². The van der Waals surface area contributed by atoms with E-state index in [0.29, 0.717) is 17.2 Å². The van der Waals surface area contributed by atoms with E-state index in [2.05, 4.69) is 10.5 Å². The lowest BCUT2D eigenvalue weighted by Gasteiger charge is -2.11. The van der Waals surface area contributed by atoms with Gasteiger partial charge in [-0.1, -0.05) is 42.3 Å². The molecule has 0 aliphatic rings. The number of rotatable bonds is 4. The van der Waals surface area contributed by atoms with Crippen LogP contribution in [0.25, 0.3) is 0 Å². The average molecular weight is 361 g/mol. The van der Waals surface area contributed by atoms with Crippen molar-refractivity contribution in [1.82, 2.24) is 0 Å². The van der Waals surface area contributed by atoms with Crippen LogP contribution in [0.5, 0.6) is 0 Å². The van der Waals surface area contributed by atoms with E-state index >= 15 is 0 Å². The third kappa shape index (κ3) is 4.62. The summed E-state index contributed by atoms with van der Waals surface area (Å²) in [5, 5.41) is 4.88. The van der Waals surface area contributed by atoms with Crippen molar-refractivity contribution in [1.29, 1.82) is 0 Å². The van der Waals surface area contributed by atoms with Crippen LogP contribution in [0, 0.1) is 0 Å². The van der Waals surface area contributed by atoms with Crippen molar-refractivity contribution in [3.05, 3.63) is 63.6 Å². The molecule has 0 amide bonds. The summed E-state index contributed by atoms with van der Waals surface area (Å²) in [7, 11) is 0. The molecule has 0 fully saturated rings. The van der Waals surface area contributed by atoms with Crippen molar-refractivity contribution in [2.45, 2.75) is 19.5 Å². The minimum absolute atomic E-state index is 0.0921. The second kappa shape index (κ2) is 7.23. The summed E-state index contributed by atoms with van der Waals surface area (Å²) in [5.41, 5.74) is 3.35. The summed E-state index contributed by atoms with van der Waals surface area (Å²) in [5.74, 6) is 0. The fourth-order valence-corrected chi connectivity index (χ4v) is 2.28. The van der Waals surface area contributed by atoms with Gasteiger partial charge in [0.15, 0.2) is 0 Å². The van der Waals surface area contributed by atoms with Crippen LogP contribution in [0.1, 0.15) is 24.5 Å². The Morgan fingerprint density at radius 2 is 1.87 bits per heavy atom. The Hall–Kier alpha value is -1.72. The van der Waals surface area contributed by atoms with Gasteiger partial charge < -0.3 is 0 Å². The van der Waals surface area contributed by atoms with Crippen LogP contribution in [0.4, 0.5) is 18.9 Å². The average Bonchev–Trinajstić information content (AvgIpc) is 2.48. The first-order valence-electron chi connectivity index (χ1n) is 6.76. The molecule has 2 aromatic rings. The highest BCUT2D eigenvalue weighted by molar-refractivity contribution is 6.33. The molecule has 122 valence electrons. The quantitative estimate of drug-likeness (QED) is 0.506. The fraction of sp³-hybridized carbons (Fsp3) is 0.188. The highest BCUT2D eigenvalue weighted by Gasteiger charge is 2.30. The van der Waals surface area contributed by atoms with Gasteiger partial charge in [0.25, 0.3) is 0 Å². The van der Waals surface area contributed by atoms with Gasteiger partial charge in [-0.3, -0.25) is 5.43 Å². The summed E-state index contributed by atoms with van der Waals surface area (Å²) in [6.45, 7) is 1.88. The molecule has 0 aliphatic heterocycles. The zero-order valence-electron chi connectivity index (χ0n) is 12.1. The molecule has 0 aromatic heterocycles. The number of alkyl halides is 3. The summed E-state index contributed by atoms with van der Waals surface area (Å²) < 4.78 is 38.3. The van der Waals surface area contributed by atoms with E-state index in [1.54, 1.807) is 18.2 Å². The summed E-state index contributed by atoms with van der Waals surface area (Å²) in [6.07, 6.45) is -3.87. The highest BCUT2D eigenvalue weighted by Crippen LogP contribution is 2.33. The van der Waals surface area contributed by atoms with Crippen LogP contribution in [0.2, 0.25) is 10.0 Å². The molecule has 2 nitrogen and oxygen atoms in total. The van der Waals surface area contributed by atoms with E-state index in [4.69, 9.17) is 23.2 Å². The van der Waals surface area contributed by atoms with E-state index in [9.17, 15) is 13.2 Å². The van der Waals surface area contributed by atoms with E-state index in [1.807, 2.05) is 13.0 Å². The second-order valence-corrected chi connectivity index (χ2v) is 5.57. The molecular weight excluding hydrogens is 348 g/mol. The van der Waals surface area contributed by atoms with Gasteiger partial charge in [0, 0.05) is 5.02 Å². The van der Waals surface area contributed by atoms with Crippen molar-refractivity contribution in [3.63, 3.8) is 0 Å². The van der Waals surface area contributed by atoms with Crippen LogP contribution >= 0.6 is 23.2 Å². The Morgan fingerprint density at radius 3 is 2.48 bits per heavy atom. The number of nitrogens with zero attached hydrogens (tertiary/aromatic N) is 1. The minimum Gasteiger partial charge on any atom is -0.277 e. The van der Waals surface area contributed by atoms with Crippen molar-refractivity contribution in [3.8, 4) is 0 Å². The van der Waals surface area contributed by atoms with Gasteiger partial charge >= 0.3 is 6.18 Å². The molecule has 0 saturated carbocycles. The molecule has 0 aliphatic carbocycles. The Balaban J connectivity index is 2.30. The smallest absolute Gasteiger partial charge is 0.277 e. The number of hydrogen-bond donors (Lipinski definition) is 1. The highest BCUT2D eigenvalue weighted by atomic mass is 35.5. The summed E-state index contributed by atoms with van der Waals surface area (Å²) in [4.78, 5) is 0. The normalized spacial score (nSPS) is 12.3. The lowest BCUT2D eigenvalue weighted by molar-refractivity contribution is -0.137. The van der Waals surface area contributed by atoms with E-state index in [-0.39, 0.29) is 10.7 Å². The molecular formula is C16H13Cl2F3N2. The zero-order valence-corrected chi connectivity index (χ0v) is 13.6. The first-order chi connectivity index (χ1) is 10.8. The molecule has 1 N–H and O–H groups in total. The van der Waals surface area contributed by atoms with Gasteiger partial charge in [0.1, 0.15) is 0 Å². The molecule has 2 aromatic carbocycles. The van der Waals surface area contributed by atoms with Crippen LogP contribution < -0.4 is 5.43 Å². The topological polar surface area (TPSA) is 24.4 Å². The van der Waals surface area contributed by atoms with Gasteiger partial charge in [-0.25, -0.2) is 0 Å². The van der Waals surface area contributed by atoms with Crippen molar-refractivity contribution in [2.75, 3.05) is 5.43 Å². The maximum Gasteiger partial charge on any atom is 0.416 e. The van der Waals surface area contributed by atoms with Crippen molar-refractivity contribution in [2.24, 2.45) is 5.10 Å². The van der Waals surface area contributed by atoms with Crippen LogP contribution in [-0.2, 0) is 6.18 Å². The lowest BCUT2D eigenvalue weighted by atomic mass is 10.1. The molecule has 23 heavy (non-hydrogen) atoms. The number of halogens is 5. The largest absolute Gasteiger partial charge is 0.416 e. The predicted molar refractivity (Wildman–Crippen MR) is 88.4 cm³/mol. The second-order valence-electron chi connectivity index (χ2n) is 4.73. The third-order valence-corrected chi connectivity index (χ3v) is 3.66. The summed E-state index contributed by atoms with van der Waals surface area (Å²) >= 11 is 11.9. The van der Waals surface area contributed by atoms with Crippen molar-refractivity contribution < 1.29 is 13.2 Å². The monoisotopic (exact) mass is 360 g/mol. The van der Waals surface area contributed by atoms with Gasteiger partial charge in [-0.05, 0) is 42.3 Å². The first kappa shape index (κ1) is 17.6. The molecule has 0 spiro atoms. The molecule has 2 rings (SSSR count). The molecule has 0 saturated heterocycles. The number of hydrogen-bond acceptors (Lipinski definition) is 2. The standard InChI is InChI=1S/C16H13Cl2F3N2/c1-2-14(10-4-3-5-12(17)8-10)22-23-15-9-11(16(19,20)21)6-7-13(15)18/h3-9,23H,2H2,1H3. The maximum absolute atomic E-state index is 12.8. The Bertz CT molecular complexity index is 728. The Kier molecular flexibility index (Phi) is 5.55. The number of anilines is 1. The van der Waals surface area contributed by atoms with Crippen molar-refractivity contribution >= 4 is 34.6 Å². The summed E-state index contributed by atoms with van der Waals surface area (Å²) in [6, 6.07) is 10.1. The number of nitrogens with one attached hydrogen (secondary N) is 1. The predicted octanol–water partition coefficient (Wildman–Crippen LogP) is 6.24. The van der Waals surface area contributed by atoms with E-state index < -0.39 is 11.7 Å².